The van der Waals surface area contributed by atoms with E-state index in [0.29, 0.717) is 0 Å². The number of nitrogens with zero attached hydrogens (tertiary/aromatic N) is 4. The van der Waals surface area contributed by atoms with Gasteiger partial charge in [0.2, 0.25) is 0 Å². The van der Waals surface area contributed by atoms with Gasteiger partial charge in [0.25, 0.3) is 10.1 Å². The number of hydrogen-bond donors (Lipinski definition) is 5. The first-order valence-corrected chi connectivity index (χ1v) is 22.7. The molecular weight excluding hydrogens is 867 g/mol. The van der Waals surface area contributed by atoms with E-state index in [2.05, 4.69) is 34.1 Å². The van der Waals surface area contributed by atoms with E-state index in [-0.39, 0.29) is 49.9 Å². The topological polar surface area (TPSA) is 350 Å². The smallest absolute Gasteiger partial charge is 0.397 e. The molecule has 28 heteroatoms. The molecule has 23 nitrogen and oxygen atoms in total. The summed E-state index contributed by atoms with van der Waals surface area (Å²) >= 11 is 0. The van der Waals surface area contributed by atoms with Crippen molar-refractivity contribution in [1.29, 1.82) is 0 Å². The maximum absolute atomic E-state index is 12.9. The van der Waals surface area contributed by atoms with Crippen molar-refractivity contribution in [2.45, 2.75) is 14.7 Å². The van der Waals surface area contributed by atoms with Crippen molar-refractivity contribution in [3.63, 3.8) is 0 Å². The zero-order chi connectivity index (χ0) is 42.6. The Labute approximate surface area is 325 Å². The monoisotopic (exact) mass is 897 g/mol. The molecule has 0 spiro atoms. The summed E-state index contributed by atoms with van der Waals surface area (Å²) in [5.41, 5.74) is -1.33. The van der Waals surface area contributed by atoms with Gasteiger partial charge in [-0.05, 0) is 54.6 Å². The van der Waals surface area contributed by atoms with E-state index in [9.17, 15) is 51.7 Å². The molecule has 0 aliphatic heterocycles. The van der Waals surface area contributed by atoms with Crippen molar-refractivity contribution in [2.24, 2.45) is 20.5 Å². The Hall–Kier alpha value is -4.91. The van der Waals surface area contributed by atoms with E-state index in [4.69, 9.17) is 18.6 Å². The molecule has 0 bridgehead atoms. The highest BCUT2D eigenvalue weighted by Crippen LogP contribution is 2.47. The summed E-state index contributed by atoms with van der Waals surface area (Å²) < 4.78 is 166. The van der Waals surface area contributed by atoms with Gasteiger partial charge in [-0.3, -0.25) is 13.7 Å². The number of rotatable bonds is 18. The largest absolute Gasteiger partial charge is 0.505 e. The lowest BCUT2D eigenvalue weighted by Crippen LogP contribution is -2.15. The molecule has 4 aromatic carbocycles. The zero-order valence-corrected chi connectivity index (χ0v) is 33.4. The summed E-state index contributed by atoms with van der Waals surface area (Å²) in [7, 11) is -19.7. The first-order chi connectivity index (χ1) is 26.4. The SMILES string of the molecule is CNc1ccc2c(O)c(/N=N/c3cc(S(=O)(=O)CCOS(=O)(=O)O)ccc3OC)c(S(=O)(=O)O)cc2c1/N=N/c1cc(S(=O)(=O)CCOS(=O)(=O)O)ccc1OC. The van der Waals surface area contributed by atoms with Gasteiger partial charge in [-0.1, -0.05) is 0 Å². The van der Waals surface area contributed by atoms with Gasteiger partial charge in [0.1, 0.15) is 39.1 Å². The number of hydrogen-bond acceptors (Lipinski definition) is 20. The van der Waals surface area contributed by atoms with Crippen molar-refractivity contribution < 1.29 is 78.7 Å². The number of phenols is 1. The van der Waals surface area contributed by atoms with E-state index < -0.39 is 96.5 Å². The molecule has 0 unspecified atom stereocenters. The van der Waals surface area contributed by atoms with E-state index in [1.54, 1.807) is 0 Å². The first-order valence-electron chi connectivity index (χ1n) is 15.3. The summed E-state index contributed by atoms with van der Waals surface area (Å²) in [4.78, 5) is -1.84. The van der Waals surface area contributed by atoms with Crippen LogP contribution in [-0.4, -0.2) is 107 Å². The van der Waals surface area contributed by atoms with Crippen LogP contribution in [-0.2, 0) is 59.0 Å². The van der Waals surface area contributed by atoms with Crippen molar-refractivity contribution in [3.05, 3.63) is 54.6 Å². The summed E-state index contributed by atoms with van der Waals surface area (Å²) in [6.45, 7) is -1.85. The lowest BCUT2D eigenvalue weighted by Gasteiger charge is -2.13. The molecule has 0 saturated carbocycles. The molecule has 57 heavy (non-hydrogen) atoms. The van der Waals surface area contributed by atoms with Crippen molar-refractivity contribution >= 4 is 89.8 Å². The van der Waals surface area contributed by atoms with Gasteiger partial charge in [-0.15, -0.1) is 20.5 Å². The molecule has 0 aromatic heterocycles. The molecule has 0 radical (unpaired) electrons. The number of sulfone groups is 2. The molecule has 0 fully saturated rings. The Morgan fingerprint density at radius 2 is 1.05 bits per heavy atom. The zero-order valence-electron chi connectivity index (χ0n) is 29.4. The maximum atomic E-state index is 12.9. The first kappa shape index (κ1) is 44.8. The predicted octanol–water partition coefficient (Wildman–Crippen LogP) is 3.87. The number of ether oxygens (including phenoxy) is 2. The Balaban J connectivity index is 1.84. The number of benzene rings is 4. The molecule has 4 rings (SSSR count). The number of phenolic OH excluding ortho intramolecular Hbond substituents is 1. The normalized spacial score (nSPS) is 13.1. The van der Waals surface area contributed by atoms with Gasteiger partial charge in [-0.25, -0.2) is 25.2 Å². The second-order valence-electron chi connectivity index (χ2n) is 11.1. The van der Waals surface area contributed by atoms with E-state index in [1.807, 2.05) is 0 Å². The fourth-order valence-electron chi connectivity index (χ4n) is 4.83. The van der Waals surface area contributed by atoms with Crippen LogP contribution in [0.4, 0.5) is 28.4 Å². The van der Waals surface area contributed by atoms with Crippen LogP contribution in [0.2, 0.25) is 0 Å². The Kier molecular flexibility index (Phi) is 13.6. The highest BCUT2D eigenvalue weighted by molar-refractivity contribution is 7.91. The van der Waals surface area contributed by atoms with Crippen LogP contribution in [0.3, 0.4) is 0 Å². The van der Waals surface area contributed by atoms with Crippen LogP contribution in [0.25, 0.3) is 10.8 Å². The van der Waals surface area contributed by atoms with E-state index in [0.717, 1.165) is 36.4 Å². The maximum Gasteiger partial charge on any atom is 0.397 e. The Morgan fingerprint density at radius 1 is 0.596 bits per heavy atom. The van der Waals surface area contributed by atoms with Crippen molar-refractivity contribution in [2.75, 3.05) is 51.3 Å². The molecule has 310 valence electrons. The molecule has 0 amide bonds. The Bertz CT molecular complexity index is 2830. The van der Waals surface area contributed by atoms with E-state index in [1.165, 1.54) is 39.5 Å². The second kappa shape index (κ2) is 17.3. The highest BCUT2D eigenvalue weighted by Gasteiger charge is 2.25. The van der Waals surface area contributed by atoms with Crippen LogP contribution in [0, 0.1) is 0 Å². The fraction of sp³-hybridized carbons (Fsp3) is 0.241. The number of aromatic hydroxyl groups is 1. The van der Waals surface area contributed by atoms with Gasteiger partial charge in [-0.2, -0.15) is 25.3 Å². The average Bonchev–Trinajstić information content (AvgIpc) is 3.11. The van der Waals surface area contributed by atoms with Crippen LogP contribution in [0.1, 0.15) is 0 Å². The Morgan fingerprint density at radius 3 is 1.46 bits per heavy atom. The highest BCUT2D eigenvalue weighted by atomic mass is 32.3. The van der Waals surface area contributed by atoms with Crippen LogP contribution in [0.15, 0.2) is 89.7 Å². The van der Waals surface area contributed by atoms with Gasteiger partial charge >= 0.3 is 20.8 Å². The third-order valence-corrected chi connectivity index (χ3v) is 12.6. The van der Waals surface area contributed by atoms with Crippen molar-refractivity contribution in [3.8, 4) is 17.2 Å². The standard InChI is InChI=1S/C29H31N5O18S5/c1-30-21-7-6-19-20(27(21)33-31-22-14-17(4-8-24(22)49-2)53(36,37)12-10-51-56(43,44)45)16-26(55(40,41)42)28(29(19)35)34-32-23-15-18(5-9-25(23)50-3)54(38,39)13-11-52-57(46,47)48/h4-9,14-16,30,35H,10-13H2,1-3H3,(H,40,41,42)(H,43,44,45)(H,46,47,48)/b33-31+,34-32+. The third kappa shape index (κ3) is 11.4. The minimum Gasteiger partial charge on any atom is -0.505 e. The number of azo groups is 2. The summed E-state index contributed by atoms with van der Waals surface area (Å²) in [5, 5.41) is 29.8. The number of anilines is 1. The molecule has 0 atom stereocenters. The summed E-state index contributed by atoms with van der Waals surface area (Å²) in [6, 6.07) is 10.1. The number of nitrogens with one attached hydrogen (secondary N) is 1. The molecular formula is C29H31N5O18S5. The van der Waals surface area contributed by atoms with Gasteiger partial charge in [0.15, 0.2) is 25.4 Å². The van der Waals surface area contributed by atoms with Gasteiger partial charge in [0.05, 0.1) is 54.4 Å². The minimum atomic E-state index is -5.24. The van der Waals surface area contributed by atoms with Crippen molar-refractivity contribution in [1.82, 2.24) is 0 Å². The molecule has 5 N–H and O–H groups in total. The molecule has 0 aliphatic rings. The van der Waals surface area contributed by atoms with E-state index >= 15 is 0 Å². The second-order valence-corrected chi connectivity index (χ2v) is 18.8. The fourth-order valence-corrected chi connectivity index (χ4v) is 8.49. The van der Waals surface area contributed by atoms with Crippen LogP contribution in [0.5, 0.6) is 17.2 Å². The van der Waals surface area contributed by atoms with Crippen LogP contribution >= 0.6 is 0 Å². The minimum absolute atomic E-state index is 0.000959. The van der Waals surface area contributed by atoms with Gasteiger partial charge < -0.3 is 19.9 Å². The molecule has 0 saturated heterocycles. The summed E-state index contributed by atoms with van der Waals surface area (Å²) in [5.74, 6) is -2.74. The molecule has 4 aromatic rings. The number of fused-ring (bicyclic) bond motifs is 1. The number of methoxy groups -OCH3 is 2. The lowest BCUT2D eigenvalue weighted by atomic mass is 10.1. The summed E-state index contributed by atoms with van der Waals surface area (Å²) in [6.07, 6.45) is 0. The average molecular weight is 898 g/mol. The predicted molar refractivity (Wildman–Crippen MR) is 198 cm³/mol. The molecule has 0 aliphatic carbocycles. The third-order valence-electron chi connectivity index (χ3n) is 7.46. The lowest BCUT2D eigenvalue weighted by molar-refractivity contribution is 0.282. The van der Waals surface area contributed by atoms with Gasteiger partial charge in [0, 0.05) is 17.8 Å². The quantitative estimate of drug-likeness (QED) is 0.0699. The van der Waals surface area contributed by atoms with Crippen LogP contribution < -0.4 is 14.8 Å². The molecule has 0 heterocycles.